The molecule has 2 aromatic carbocycles. The van der Waals surface area contributed by atoms with Gasteiger partial charge in [0.1, 0.15) is 12.1 Å². The molecule has 2 saturated carbocycles. The summed E-state index contributed by atoms with van der Waals surface area (Å²) in [6.07, 6.45) is 5.42. The fraction of sp³-hybridized carbons (Fsp3) is 0.500. The van der Waals surface area contributed by atoms with Crippen LogP contribution in [0.25, 0.3) is 0 Å². The number of nitriles is 1. The normalized spacial score (nSPS) is 20.7. The van der Waals surface area contributed by atoms with Gasteiger partial charge in [0.05, 0.1) is 25.2 Å². The second-order valence-electron chi connectivity index (χ2n) is 9.89. The average Bonchev–Trinajstić information content (AvgIpc) is 3.82. The van der Waals surface area contributed by atoms with Gasteiger partial charge in [-0.3, -0.25) is 9.69 Å². The Morgan fingerprint density at radius 3 is 2.41 bits per heavy atom. The van der Waals surface area contributed by atoms with Crippen LogP contribution in [0.15, 0.2) is 48.5 Å². The zero-order chi connectivity index (χ0) is 23.6. The lowest BCUT2D eigenvalue weighted by atomic mass is 9.73. The molecule has 0 amide bonds. The van der Waals surface area contributed by atoms with Crippen molar-refractivity contribution < 1.29 is 19.0 Å². The van der Waals surface area contributed by atoms with Crippen molar-refractivity contribution in [2.45, 2.75) is 56.1 Å². The number of carbonyl (C=O) groups excluding carboxylic acids is 1. The summed E-state index contributed by atoms with van der Waals surface area (Å²) in [7, 11) is 1.64. The Labute approximate surface area is 201 Å². The fourth-order valence-corrected chi connectivity index (χ4v) is 4.99. The van der Waals surface area contributed by atoms with E-state index in [2.05, 4.69) is 11.0 Å². The van der Waals surface area contributed by atoms with E-state index in [4.69, 9.17) is 14.2 Å². The van der Waals surface area contributed by atoms with E-state index < -0.39 is 11.0 Å². The largest absolute Gasteiger partial charge is 0.493 e. The molecule has 6 heteroatoms. The second kappa shape index (κ2) is 9.31. The van der Waals surface area contributed by atoms with Crippen molar-refractivity contribution in [2.75, 3.05) is 26.8 Å². The van der Waals surface area contributed by atoms with Crippen LogP contribution in [0.1, 0.15) is 49.7 Å². The molecular weight excluding hydrogens is 428 g/mol. The Bertz CT molecular complexity index is 1060. The maximum atomic E-state index is 13.0. The van der Waals surface area contributed by atoms with E-state index in [-0.39, 0.29) is 5.97 Å². The topological polar surface area (TPSA) is 71.8 Å². The first-order valence-electron chi connectivity index (χ1n) is 12.3. The summed E-state index contributed by atoms with van der Waals surface area (Å²) in [5, 5.41) is 10.2. The molecule has 2 aromatic rings. The molecule has 0 atom stereocenters. The Morgan fingerprint density at radius 1 is 1.06 bits per heavy atom. The first-order valence-corrected chi connectivity index (χ1v) is 12.3. The number of rotatable bonds is 9. The quantitative estimate of drug-likeness (QED) is 0.509. The first kappa shape index (κ1) is 22.7. The minimum atomic E-state index is -0.593. The predicted octanol–water partition coefficient (Wildman–Crippen LogP) is 4.62. The van der Waals surface area contributed by atoms with Crippen LogP contribution in [0.2, 0.25) is 0 Å². The molecule has 5 rings (SSSR count). The van der Waals surface area contributed by atoms with Gasteiger partial charge in [0.2, 0.25) is 0 Å². The third-order valence-corrected chi connectivity index (χ3v) is 7.64. The lowest BCUT2D eigenvalue weighted by molar-refractivity contribution is -0.154. The second-order valence-corrected chi connectivity index (χ2v) is 9.89. The van der Waals surface area contributed by atoms with Gasteiger partial charge in [0.15, 0.2) is 11.5 Å². The Hall–Kier alpha value is -3.04. The predicted molar refractivity (Wildman–Crippen MR) is 128 cm³/mol. The van der Waals surface area contributed by atoms with E-state index in [0.29, 0.717) is 56.6 Å². The van der Waals surface area contributed by atoms with Gasteiger partial charge in [-0.15, -0.1) is 0 Å². The van der Waals surface area contributed by atoms with Crippen LogP contribution in [0.3, 0.4) is 0 Å². The van der Waals surface area contributed by atoms with E-state index >= 15 is 0 Å². The van der Waals surface area contributed by atoms with Crippen molar-refractivity contribution in [3.05, 3.63) is 59.7 Å². The molecule has 0 unspecified atom stereocenters. The lowest BCUT2D eigenvalue weighted by Gasteiger charge is -2.41. The van der Waals surface area contributed by atoms with E-state index in [0.717, 1.165) is 24.0 Å². The molecule has 3 aliphatic rings. The number of methoxy groups -OCH3 is 1. The molecule has 34 heavy (non-hydrogen) atoms. The molecular formula is C28H32N2O4. The molecule has 0 aromatic heterocycles. The van der Waals surface area contributed by atoms with Crippen molar-refractivity contribution >= 4 is 5.97 Å². The molecule has 2 aliphatic carbocycles. The minimum Gasteiger partial charge on any atom is -0.493 e. The first-order chi connectivity index (χ1) is 16.6. The average molecular weight is 461 g/mol. The Kier molecular flexibility index (Phi) is 6.22. The molecule has 0 bridgehead atoms. The molecule has 178 valence electrons. The summed E-state index contributed by atoms with van der Waals surface area (Å²) >= 11 is 0. The number of nitrogens with zero attached hydrogens (tertiary/aromatic N) is 2. The lowest BCUT2D eigenvalue weighted by Crippen LogP contribution is -2.51. The molecule has 1 aliphatic heterocycles. The third-order valence-electron chi connectivity index (χ3n) is 7.64. The van der Waals surface area contributed by atoms with Gasteiger partial charge < -0.3 is 14.2 Å². The molecule has 0 N–H and O–H groups in total. The van der Waals surface area contributed by atoms with Crippen LogP contribution in [-0.4, -0.2) is 43.2 Å². The summed E-state index contributed by atoms with van der Waals surface area (Å²) in [6.45, 7) is 2.38. The Balaban J connectivity index is 1.25. The van der Waals surface area contributed by atoms with Crippen molar-refractivity contribution in [1.82, 2.24) is 4.90 Å². The van der Waals surface area contributed by atoms with Gasteiger partial charge in [-0.2, -0.15) is 5.26 Å². The Morgan fingerprint density at radius 2 is 1.79 bits per heavy atom. The SMILES string of the molecule is COc1ccc(C2(C#N)CCN(C3(C(=O)OCc4ccccc4)CC3)CC2)cc1OCC1CC1. The zero-order valence-electron chi connectivity index (χ0n) is 19.8. The standard InChI is InChI=1S/C28H32N2O4/c1-32-24-10-9-23(17-25(24)33-18-22-7-8-22)27(20-29)13-15-30(16-14-27)28(11-12-28)26(31)34-19-21-5-3-2-4-6-21/h2-6,9-10,17,22H,7-8,11-16,18-19H2,1H3. The highest BCUT2D eigenvalue weighted by molar-refractivity contribution is 5.84. The van der Waals surface area contributed by atoms with Crippen LogP contribution in [0, 0.1) is 17.2 Å². The number of carbonyl (C=O) groups is 1. The van der Waals surface area contributed by atoms with E-state index in [1.165, 1.54) is 12.8 Å². The summed E-state index contributed by atoms with van der Waals surface area (Å²) in [6, 6.07) is 18.3. The number of benzene rings is 2. The molecule has 1 heterocycles. The van der Waals surface area contributed by atoms with Crippen LogP contribution in [0.4, 0.5) is 0 Å². The number of ether oxygens (including phenoxy) is 3. The monoisotopic (exact) mass is 460 g/mol. The highest BCUT2D eigenvalue weighted by Crippen LogP contribution is 2.48. The maximum absolute atomic E-state index is 13.0. The molecule has 0 spiro atoms. The highest BCUT2D eigenvalue weighted by atomic mass is 16.5. The summed E-state index contributed by atoms with van der Waals surface area (Å²) in [5.74, 6) is 1.92. The number of esters is 1. The van der Waals surface area contributed by atoms with Crippen LogP contribution < -0.4 is 9.47 Å². The van der Waals surface area contributed by atoms with Gasteiger partial charge in [0.25, 0.3) is 0 Å². The van der Waals surface area contributed by atoms with Crippen molar-refractivity contribution in [1.29, 1.82) is 5.26 Å². The molecule has 6 nitrogen and oxygen atoms in total. The van der Waals surface area contributed by atoms with Crippen molar-refractivity contribution in [3.63, 3.8) is 0 Å². The number of likely N-dealkylation sites (tertiary alicyclic amines) is 1. The molecule has 1 saturated heterocycles. The van der Waals surface area contributed by atoms with Crippen molar-refractivity contribution in [3.8, 4) is 17.6 Å². The summed E-state index contributed by atoms with van der Waals surface area (Å²) < 4.78 is 17.2. The van der Waals surface area contributed by atoms with Gasteiger partial charge in [-0.05, 0) is 67.7 Å². The van der Waals surface area contributed by atoms with Gasteiger partial charge in [-0.1, -0.05) is 36.4 Å². The summed E-state index contributed by atoms with van der Waals surface area (Å²) in [5.41, 5.74) is 0.852. The van der Waals surface area contributed by atoms with Gasteiger partial charge in [-0.25, -0.2) is 0 Å². The number of hydrogen-bond acceptors (Lipinski definition) is 6. The molecule has 0 radical (unpaired) electrons. The van der Waals surface area contributed by atoms with Crippen molar-refractivity contribution in [2.24, 2.45) is 5.92 Å². The van der Waals surface area contributed by atoms with Crippen LogP contribution in [-0.2, 0) is 21.6 Å². The van der Waals surface area contributed by atoms with Crippen LogP contribution >= 0.6 is 0 Å². The van der Waals surface area contributed by atoms with E-state index in [9.17, 15) is 10.1 Å². The smallest absolute Gasteiger partial charge is 0.326 e. The fourth-order valence-electron chi connectivity index (χ4n) is 4.99. The summed E-state index contributed by atoms with van der Waals surface area (Å²) in [4.78, 5) is 15.2. The highest BCUT2D eigenvalue weighted by Gasteiger charge is 2.57. The van der Waals surface area contributed by atoms with E-state index in [1.54, 1.807) is 7.11 Å². The minimum absolute atomic E-state index is 0.138. The van der Waals surface area contributed by atoms with Gasteiger partial charge in [0, 0.05) is 13.1 Å². The van der Waals surface area contributed by atoms with Crippen LogP contribution in [0.5, 0.6) is 11.5 Å². The number of piperidine rings is 1. The third kappa shape index (κ3) is 4.50. The molecule has 3 fully saturated rings. The number of hydrogen-bond donors (Lipinski definition) is 0. The van der Waals surface area contributed by atoms with Gasteiger partial charge >= 0.3 is 5.97 Å². The van der Waals surface area contributed by atoms with E-state index in [1.807, 2.05) is 48.5 Å². The maximum Gasteiger partial charge on any atom is 0.326 e. The zero-order valence-corrected chi connectivity index (χ0v) is 19.8.